The lowest BCUT2D eigenvalue weighted by molar-refractivity contribution is -0.00117. The topological polar surface area (TPSA) is 50.7 Å². The van der Waals surface area contributed by atoms with Crippen molar-refractivity contribution in [3.05, 3.63) is 24.0 Å². The summed E-state index contributed by atoms with van der Waals surface area (Å²) < 4.78 is 24.4. The Labute approximate surface area is 125 Å². The van der Waals surface area contributed by atoms with Crippen LogP contribution in [-0.2, 0) is 4.74 Å². The molecule has 0 radical (unpaired) electrons. The van der Waals surface area contributed by atoms with E-state index in [2.05, 4.69) is 5.32 Å². The van der Waals surface area contributed by atoms with Gasteiger partial charge in [-0.2, -0.15) is 0 Å². The summed E-state index contributed by atoms with van der Waals surface area (Å²) in [5.74, 6) is -0.160. The van der Waals surface area contributed by atoms with Gasteiger partial charge in [-0.15, -0.1) is 0 Å². The summed E-state index contributed by atoms with van der Waals surface area (Å²) in [6.45, 7) is 2.89. The second-order valence-corrected chi connectivity index (χ2v) is 5.35. The van der Waals surface area contributed by atoms with E-state index < -0.39 is 11.9 Å². The molecule has 1 aliphatic carbocycles. The second-order valence-electron chi connectivity index (χ2n) is 5.35. The van der Waals surface area contributed by atoms with Crippen molar-refractivity contribution >= 4 is 5.69 Å². The zero-order valence-corrected chi connectivity index (χ0v) is 12.5. The molecule has 1 atom stereocenters. The van der Waals surface area contributed by atoms with Gasteiger partial charge in [-0.25, -0.2) is 4.39 Å². The Morgan fingerprint density at radius 1 is 1.38 bits per heavy atom. The number of rotatable bonds is 8. The fourth-order valence-electron chi connectivity index (χ4n) is 2.48. The van der Waals surface area contributed by atoms with Crippen LogP contribution in [0.25, 0.3) is 0 Å². The monoisotopic (exact) mass is 297 g/mol. The van der Waals surface area contributed by atoms with E-state index in [0.29, 0.717) is 31.5 Å². The quantitative estimate of drug-likeness (QED) is 0.774. The summed E-state index contributed by atoms with van der Waals surface area (Å²) in [7, 11) is 0. The molecular weight excluding hydrogens is 273 g/mol. The highest BCUT2D eigenvalue weighted by Gasteiger charge is 2.16. The van der Waals surface area contributed by atoms with Gasteiger partial charge in [-0.3, -0.25) is 0 Å². The van der Waals surface area contributed by atoms with Crippen molar-refractivity contribution in [3.8, 4) is 5.75 Å². The molecule has 1 unspecified atom stereocenters. The van der Waals surface area contributed by atoms with Crippen LogP contribution in [0.1, 0.15) is 32.6 Å². The number of hydrogen-bond donors (Lipinski definition) is 2. The average Bonchev–Trinajstić information content (AvgIpc) is 2.99. The van der Waals surface area contributed by atoms with Crippen LogP contribution >= 0.6 is 0 Å². The van der Waals surface area contributed by atoms with Crippen LogP contribution in [0, 0.1) is 5.82 Å². The fourth-order valence-corrected chi connectivity index (χ4v) is 2.48. The Hall–Kier alpha value is -1.33. The van der Waals surface area contributed by atoms with E-state index in [-0.39, 0.29) is 5.75 Å². The Morgan fingerprint density at radius 2 is 2.14 bits per heavy atom. The molecule has 2 rings (SSSR count). The predicted molar refractivity (Wildman–Crippen MR) is 80.3 cm³/mol. The maximum Gasteiger partial charge on any atom is 0.167 e. The van der Waals surface area contributed by atoms with Gasteiger partial charge in [0, 0.05) is 18.3 Å². The van der Waals surface area contributed by atoms with Crippen molar-refractivity contribution in [2.24, 2.45) is 0 Å². The van der Waals surface area contributed by atoms with Gasteiger partial charge in [0.05, 0.1) is 25.4 Å². The number of aliphatic hydroxyl groups excluding tert-OH is 1. The Kier molecular flexibility index (Phi) is 6.26. The summed E-state index contributed by atoms with van der Waals surface area (Å²) in [4.78, 5) is 0. The van der Waals surface area contributed by atoms with Gasteiger partial charge < -0.3 is 19.9 Å². The molecule has 1 aromatic rings. The first-order chi connectivity index (χ1) is 10.2. The van der Waals surface area contributed by atoms with Crippen LogP contribution in [0.15, 0.2) is 18.2 Å². The lowest BCUT2D eigenvalue weighted by atomic mass is 10.2. The minimum atomic E-state index is -0.597. The first-order valence-electron chi connectivity index (χ1n) is 7.65. The van der Waals surface area contributed by atoms with Gasteiger partial charge in [-0.1, -0.05) is 12.8 Å². The Balaban J connectivity index is 1.72. The van der Waals surface area contributed by atoms with Crippen molar-refractivity contribution in [2.45, 2.75) is 44.8 Å². The third-order valence-electron chi connectivity index (χ3n) is 3.60. The molecule has 0 amide bonds. The van der Waals surface area contributed by atoms with Crippen LogP contribution < -0.4 is 10.1 Å². The maximum absolute atomic E-state index is 13.7. The Bertz CT molecular complexity index is 436. The van der Waals surface area contributed by atoms with Crippen molar-refractivity contribution in [1.82, 2.24) is 0 Å². The van der Waals surface area contributed by atoms with E-state index in [1.165, 1.54) is 18.9 Å². The summed E-state index contributed by atoms with van der Waals surface area (Å²) in [5, 5.41) is 12.9. The zero-order valence-electron chi connectivity index (χ0n) is 12.5. The van der Waals surface area contributed by atoms with Crippen molar-refractivity contribution < 1.29 is 19.0 Å². The molecule has 0 aromatic heterocycles. The van der Waals surface area contributed by atoms with Crippen LogP contribution in [-0.4, -0.2) is 37.1 Å². The van der Waals surface area contributed by atoms with Crippen molar-refractivity contribution in [1.29, 1.82) is 0 Å². The standard InChI is InChI=1S/C16H24FNO3/c1-2-20-16-8-7-12(9-15(16)17)18-10-13(19)11-21-14-5-3-4-6-14/h7-9,13-14,18-19H,2-6,10-11H2,1H3. The van der Waals surface area contributed by atoms with E-state index in [1.54, 1.807) is 12.1 Å². The predicted octanol–water partition coefficient (Wildman–Crippen LogP) is 2.96. The smallest absolute Gasteiger partial charge is 0.167 e. The molecule has 1 aliphatic rings. The number of nitrogens with one attached hydrogen (secondary N) is 1. The molecule has 0 spiro atoms. The molecule has 1 aromatic carbocycles. The third kappa shape index (κ3) is 5.17. The highest BCUT2D eigenvalue weighted by atomic mass is 19.1. The fraction of sp³-hybridized carbons (Fsp3) is 0.625. The number of ether oxygens (including phenoxy) is 2. The van der Waals surface area contributed by atoms with Crippen molar-refractivity contribution in [2.75, 3.05) is 25.1 Å². The van der Waals surface area contributed by atoms with Gasteiger partial charge in [0.1, 0.15) is 0 Å². The minimum absolute atomic E-state index is 0.244. The van der Waals surface area contributed by atoms with Gasteiger partial charge in [0.2, 0.25) is 0 Å². The number of hydrogen-bond acceptors (Lipinski definition) is 4. The highest BCUT2D eigenvalue weighted by molar-refractivity contribution is 5.47. The van der Waals surface area contributed by atoms with E-state index in [0.717, 1.165) is 12.8 Å². The molecule has 5 heteroatoms. The minimum Gasteiger partial charge on any atom is -0.491 e. The second kappa shape index (κ2) is 8.20. The van der Waals surface area contributed by atoms with E-state index in [9.17, 15) is 9.50 Å². The molecule has 1 fully saturated rings. The van der Waals surface area contributed by atoms with Gasteiger partial charge in [0.15, 0.2) is 11.6 Å². The zero-order chi connectivity index (χ0) is 15.1. The molecule has 0 heterocycles. The molecule has 0 saturated heterocycles. The first kappa shape index (κ1) is 16.0. The maximum atomic E-state index is 13.7. The molecule has 0 aliphatic heterocycles. The molecule has 2 N–H and O–H groups in total. The van der Waals surface area contributed by atoms with Crippen LogP contribution in [0.3, 0.4) is 0 Å². The van der Waals surface area contributed by atoms with Crippen molar-refractivity contribution in [3.63, 3.8) is 0 Å². The van der Waals surface area contributed by atoms with Crippen LogP contribution in [0.4, 0.5) is 10.1 Å². The molecule has 1 saturated carbocycles. The van der Waals surface area contributed by atoms with E-state index >= 15 is 0 Å². The van der Waals surface area contributed by atoms with Gasteiger partial charge in [0.25, 0.3) is 0 Å². The van der Waals surface area contributed by atoms with Crippen LogP contribution in [0.2, 0.25) is 0 Å². The van der Waals surface area contributed by atoms with E-state index in [1.807, 2.05) is 6.92 Å². The summed E-state index contributed by atoms with van der Waals surface area (Å²) in [6.07, 6.45) is 4.30. The third-order valence-corrected chi connectivity index (χ3v) is 3.60. The van der Waals surface area contributed by atoms with Gasteiger partial charge in [-0.05, 0) is 31.9 Å². The largest absolute Gasteiger partial charge is 0.491 e. The molecule has 21 heavy (non-hydrogen) atoms. The average molecular weight is 297 g/mol. The lowest BCUT2D eigenvalue weighted by Gasteiger charge is -2.16. The molecule has 118 valence electrons. The first-order valence-corrected chi connectivity index (χ1v) is 7.65. The number of aliphatic hydroxyl groups is 1. The number of halogens is 1. The number of benzene rings is 1. The molecular formula is C16H24FNO3. The highest BCUT2D eigenvalue weighted by Crippen LogP contribution is 2.22. The van der Waals surface area contributed by atoms with Crippen LogP contribution in [0.5, 0.6) is 5.75 Å². The molecule has 0 bridgehead atoms. The van der Waals surface area contributed by atoms with Gasteiger partial charge >= 0.3 is 0 Å². The summed E-state index contributed by atoms with van der Waals surface area (Å²) >= 11 is 0. The lowest BCUT2D eigenvalue weighted by Crippen LogP contribution is -2.27. The molecule has 4 nitrogen and oxygen atoms in total. The summed E-state index contributed by atoms with van der Waals surface area (Å²) in [6, 6.07) is 4.69. The SMILES string of the molecule is CCOc1ccc(NCC(O)COC2CCCC2)cc1F. The van der Waals surface area contributed by atoms with E-state index in [4.69, 9.17) is 9.47 Å². The Morgan fingerprint density at radius 3 is 2.81 bits per heavy atom. The number of anilines is 1. The normalized spacial score (nSPS) is 16.9. The summed E-state index contributed by atoms with van der Waals surface area (Å²) in [5.41, 5.74) is 0.621.